The van der Waals surface area contributed by atoms with Crippen LogP contribution in [0.25, 0.3) is 0 Å². The molecule has 21 heavy (non-hydrogen) atoms. The first-order valence-electron chi connectivity index (χ1n) is 6.70. The van der Waals surface area contributed by atoms with Gasteiger partial charge in [0, 0.05) is 12.0 Å². The average molecular weight is 300 g/mol. The van der Waals surface area contributed by atoms with Crippen LogP contribution in [0.15, 0.2) is 12.2 Å². The second-order valence-electron chi connectivity index (χ2n) is 5.40. The van der Waals surface area contributed by atoms with Gasteiger partial charge in [0.15, 0.2) is 12.1 Å². The van der Waals surface area contributed by atoms with Crippen molar-refractivity contribution >= 4 is 11.9 Å². The summed E-state index contributed by atoms with van der Waals surface area (Å²) in [6.45, 7) is 3.56. The first-order chi connectivity index (χ1) is 9.86. The van der Waals surface area contributed by atoms with Crippen molar-refractivity contribution in [3.05, 3.63) is 12.2 Å². The zero-order valence-corrected chi connectivity index (χ0v) is 12.5. The Morgan fingerprint density at radius 1 is 1.19 bits per heavy atom. The van der Waals surface area contributed by atoms with Crippen LogP contribution in [0.3, 0.4) is 0 Å². The molecule has 118 valence electrons. The van der Waals surface area contributed by atoms with Crippen molar-refractivity contribution in [2.45, 2.75) is 44.6 Å². The highest BCUT2D eigenvalue weighted by atomic mass is 16.8. The standard InChI is InChI=1S/C14H20O7/c1-14(2)20-12-8(7-11(16)18-4)9(19-13(12)21-14)5-6-10(15)17-3/h5-6,8-9,12-13H,7H2,1-4H3/b6-5+/t8-,9-,12-,13-/m1/s1. The number of ether oxygens (including phenoxy) is 5. The maximum atomic E-state index is 11.6. The summed E-state index contributed by atoms with van der Waals surface area (Å²) in [4.78, 5) is 22.8. The Morgan fingerprint density at radius 3 is 2.52 bits per heavy atom. The topological polar surface area (TPSA) is 80.3 Å². The molecule has 0 saturated carbocycles. The number of carbonyl (C=O) groups excluding carboxylic acids is 2. The van der Waals surface area contributed by atoms with Crippen LogP contribution < -0.4 is 0 Å². The van der Waals surface area contributed by atoms with Gasteiger partial charge < -0.3 is 23.7 Å². The monoisotopic (exact) mass is 300 g/mol. The van der Waals surface area contributed by atoms with Gasteiger partial charge in [0.2, 0.25) is 0 Å². The molecule has 0 aromatic heterocycles. The van der Waals surface area contributed by atoms with Gasteiger partial charge in [-0.05, 0) is 19.9 Å². The van der Waals surface area contributed by atoms with Gasteiger partial charge in [-0.2, -0.15) is 0 Å². The summed E-state index contributed by atoms with van der Waals surface area (Å²) >= 11 is 0. The zero-order valence-electron chi connectivity index (χ0n) is 12.5. The van der Waals surface area contributed by atoms with Crippen molar-refractivity contribution in [3.63, 3.8) is 0 Å². The Kier molecular flexibility index (Phi) is 4.65. The van der Waals surface area contributed by atoms with E-state index in [1.165, 1.54) is 20.3 Å². The van der Waals surface area contributed by atoms with Gasteiger partial charge in [-0.1, -0.05) is 0 Å². The third-order valence-electron chi connectivity index (χ3n) is 3.48. The van der Waals surface area contributed by atoms with Crippen LogP contribution in [0, 0.1) is 5.92 Å². The maximum Gasteiger partial charge on any atom is 0.330 e. The van der Waals surface area contributed by atoms with Crippen molar-refractivity contribution in [2.75, 3.05) is 14.2 Å². The smallest absolute Gasteiger partial charge is 0.330 e. The van der Waals surface area contributed by atoms with E-state index >= 15 is 0 Å². The van der Waals surface area contributed by atoms with Crippen LogP contribution in [0.1, 0.15) is 20.3 Å². The van der Waals surface area contributed by atoms with Gasteiger partial charge in [-0.3, -0.25) is 4.79 Å². The Labute approximate surface area is 123 Å². The van der Waals surface area contributed by atoms with E-state index in [1.807, 2.05) is 0 Å². The maximum absolute atomic E-state index is 11.6. The Morgan fingerprint density at radius 2 is 1.90 bits per heavy atom. The lowest BCUT2D eigenvalue weighted by Crippen LogP contribution is -2.31. The van der Waals surface area contributed by atoms with Crippen LogP contribution in [0.5, 0.6) is 0 Å². The minimum Gasteiger partial charge on any atom is -0.469 e. The van der Waals surface area contributed by atoms with Crippen molar-refractivity contribution in [3.8, 4) is 0 Å². The lowest BCUT2D eigenvalue weighted by molar-refractivity contribution is -0.205. The fourth-order valence-electron chi connectivity index (χ4n) is 2.53. The van der Waals surface area contributed by atoms with Gasteiger partial charge in [0.25, 0.3) is 0 Å². The summed E-state index contributed by atoms with van der Waals surface area (Å²) in [6.07, 6.45) is 1.51. The first-order valence-corrected chi connectivity index (χ1v) is 6.70. The second kappa shape index (κ2) is 6.13. The number of esters is 2. The fraction of sp³-hybridized carbons (Fsp3) is 0.714. The Balaban J connectivity index is 2.12. The lowest BCUT2D eigenvalue weighted by atomic mass is 9.94. The normalized spacial score (nSPS) is 33.9. The van der Waals surface area contributed by atoms with Crippen LogP contribution in [-0.4, -0.2) is 50.4 Å². The van der Waals surface area contributed by atoms with Crippen LogP contribution >= 0.6 is 0 Å². The molecule has 0 amide bonds. The quantitative estimate of drug-likeness (QED) is 0.560. The van der Waals surface area contributed by atoms with E-state index in [2.05, 4.69) is 4.74 Å². The van der Waals surface area contributed by atoms with E-state index in [0.29, 0.717) is 0 Å². The molecule has 0 aromatic rings. The molecule has 2 heterocycles. The fourth-order valence-corrected chi connectivity index (χ4v) is 2.53. The molecule has 2 aliphatic heterocycles. The van der Waals surface area contributed by atoms with E-state index in [4.69, 9.17) is 18.9 Å². The summed E-state index contributed by atoms with van der Waals surface area (Å²) in [5.41, 5.74) is 0. The Bertz CT molecular complexity index is 443. The van der Waals surface area contributed by atoms with Gasteiger partial charge >= 0.3 is 11.9 Å². The summed E-state index contributed by atoms with van der Waals surface area (Å²) in [5, 5.41) is 0. The van der Waals surface area contributed by atoms with E-state index in [-0.39, 0.29) is 24.4 Å². The molecule has 0 spiro atoms. The van der Waals surface area contributed by atoms with Crippen molar-refractivity contribution in [1.82, 2.24) is 0 Å². The van der Waals surface area contributed by atoms with Gasteiger partial charge in [0.1, 0.15) is 6.10 Å². The highest BCUT2D eigenvalue weighted by molar-refractivity contribution is 5.81. The molecule has 0 radical (unpaired) electrons. The van der Waals surface area contributed by atoms with Gasteiger partial charge in [-0.25, -0.2) is 4.79 Å². The summed E-state index contributed by atoms with van der Waals surface area (Å²) in [7, 11) is 2.61. The van der Waals surface area contributed by atoms with E-state index in [0.717, 1.165) is 0 Å². The third kappa shape index (κ3) is 3.61. The molecule has 0 bridgehead atoms. The zero-order chi connectivity index (χ0) is 15.6. The molecule has 2 aliphatic rings. The minimum absolute atomic E-state index is 0.118. The average Bonchev–Trinajstić information content (AvgIpc) is 2.89. The molecule has 0 aliphatic carbocycles. The number of hydrogen-bond acceptors (Lipinski definition) is 7. The minimum atomic E-state index is -0.763. The van der Waals surface area contributed by atoms with Crippen molar-refractivity contribution < 1.29 is 33.3 Å². The predicted octanol–water partition coefficient (Wildman–Crippen LogP) is 0.771. The third-order valence-corrected chi connectivity index (χ3v) is 3.48. The molecule has 2 fully saturated rings. The summed E-state index contributed by atoms with van der Waals surface area (Å²) < 4.78 is 26.4. The number of hydrogen-bond donors (Lipinski definition) is 0. The molecular weight excluding hydrogens is 280 g/mol. The molecule has 0 unspecified atom stereocenters. The number of rotatable bonds is 4. The van der Waals surface area contributed by atoms with Crippen LogP contribution in [0.2, 0.25) is 0 Å². The van der Waals surface area contributed by atoms with E-state index in [9.17, 15) is 9.59 Å². The number of carbonyl (C=O) groups is 2. The van der Waals surface area contributed by atoms with Crippen LogP contribution in [-0.2, 0) is 33.3 Å². The predicted molar refractivity (Wildman–Crippen MR) is 70.0 cm³/mol. The number of methoxy groups -OCH3 is 2. The largest absolute Gasteiger partial charge is 0.469 e. The molecule has 2 saturated heterocycles. The molecule has 0 N–H and O–H groups in total. The van der Waals surface area contributed by atoms with Gasteiger partial charge in [-0.15, -0.1) is 0 Å². The molecule has 7 heteroatoms. The van der Waals surface area contributed by atoms with Gasteiger partial charge in [0.05, 0.1) is 26.7 Å². The summed E-state index contributed by atoms with van der Waals surface area (Å²) in [6, 6.07) is 0. The summed E-state index contributed by atoms with van der Waals surface area (Å²) in [5.74, 6) is -1.91. The highest BCUT2D eigenvalue weighted by Gasteiger charge is 2.54. The Hall–Kier alpha value is -1.44. The second-order valence-corrected chi connectivity index (χ2v) is 5.40. The van der Waals surface area contributed by atoms with E-state index < -0.39 is 24.2 Å². The molecular formula is C14H20O7. The van der Waals surface area contributed by atoms with E-state index in [1.54, 1.807) is 19.9 Å². The SMILES string of the molecule is COC(=O)/C=C/[C@H]1O[C@@H]2OC(C)(C)O[C@@H]2[C@@H]1CC(=O)OC. The highest BCUT2D eigenvalue weighted by Crippen LogP contribution is 2.42. The molecule has 0 aromatic carbocycles. The van der Waals surface area contributed by atoms with Crippen LogP contribution in [0.4, 0.5) is 0 Å². The molecule has 7 nitrogen and oxygen atoms in total. The first kappa shape index (κ1) is 15.9. The molecule has 2 rings (SSSR count). The van der Waals surface area contributed by atoms with Crippen molar-refractivity contribution in [1.29, 1.82) is 0 Å². The number of fused-ring (bicyclic) bond motifs is 1. The van der Waals surface area contributed by atoms with Crippen molar-refractivity contribution in [2.24, 2.45) is 5.92 Å². The lowest BCUT2D eigenvalue weighted by Gasteiger charge is -2.23. The molecule has 4 atom stereocenters.